The number of rotatable bonds is 4. The molecule has 116 valence electrons. The van der Waals surface area contributed by atoms with Gasteiger partial charge in [-0.25, -0.2) is 9.78 Å². The topological polar surface area (TPSA) is 83.6 Å². The molecule has 21 heavy (non-hydrogen) atoms. The molecule has 0 saturated carbocycles. The monoisotopic (exact) mass is 294 g/mol. The molecule has 6 heteroatoms. The number of aliphatic carboxylic acids is 1. The van der Waals surface area contributed by atoms with E-state index in [0.29, 0.717) is 25.3 Å². The van der Waals surface area contributed by atoms with E-state index in [2.05, 4.69) is 4.98 Å². The van der Waals surface area contributed by atoms with E-state index < -0.39 is 12.0 Å². The lowest BCUT2D eigenvalue weighted by Crippen LogP contribution is -2.40. The Bertz CT molecular complexity index is 530. The Kier molecular flexibility index (Phi) is 4.34. The minimum absolute atomic E-state index is 0.112. The molecule has 1 aromatic rings. The van der Waals surface area contributed by atoms with Gasteiger partial charge in [-0.15, -0.1) is 0 Å². The van der Waals surface area contributed by atoms with E-state index in [9.17, 15) is 9.59 Å². The Balaban J connectivity index is 1.92. The van der Waals surface area contributed by atoms with Crippen molar-refractivity contribution in [2.24, 2.45) is 0 Å². The number of amides is 1. The van der Waals surface area contributed by atoms with Gasteiger partial charge in [0.1, 0.15) is 11.8 Å². The third-order valence-electron chi connectivity index (χ3n) is 3.70. The highest BCUT2D eigenvalue weighted by Gasteiger charge is 2.33. The zero-order valence-electron chi connectivity index (χ0n) is 12.8. The number of carboxylic acid groups (broad SMARTS) is 1. The van der Waals surface area contributed by atoms with Crippen LogP contribution in [-0.2, 0) is 21.4 Å². The average molecular weight is 294 g/mol. The molecule has 1 atom stereocenters. The summed E-state index contributed by atoms with van der Waals surface area (Å²) in [5, 5.41) is 9.09. The van der Waals surface area contributed by atoms with Gasteiger partial charge in [-0.2, -0.15) is 0 Å². The van der Waals surface area contributed by atoms with E-state index >= 15 is 0 Å². The van der Waals surface area contributed by atoms with Gasteiger partial charge >= 0.3 is 5.97 Å². The summed E-state index contributed by atoms with van der Waals surface area (Å²) in [6, 6.07) is -0.674. The van der Waals surface area contributed by atoms with Gasteiger partial charge < -0.3 is 14.4 Å². The number of carbonyl (C=O) groups excluding carboxylic acids is 1. The van der Waals surface area contributed by atoms with Crippen LogP contribution in [0.4, 0.5) is 0 Å². The number of carboxylic acids is 1. The van der Waals surface area contributed by atoms with Crippen molar-refractivity contribution in [1.82, 2.24) is 9.88 Å². The van der Waals surface area contributed by atoms with Crippen molar-refractivity contribution in [3.8, 4) is 0 Å². The lowest BCUT2D eigenvalue weighted by atomic mass is 9.94. The van der Waals surface area contributed by atoms with Crippen LogP contribution < -0.4 is 0 Å². The fourth-order valence-corrected chi connectivity index (χ4v) is 2.45. The predicted molar refractivity (Wildman–Crippen MR) is 75.9 cm³/mol. The van der Waals surface area contributed by atoms with Crippen LogP contribution in [0.3, 0.4) is 0 Å². The summed E-state index contributed by atoms with van der Waals surface area (Å²) in [4.78, 5) is 28.8. The van der Waals surface area contributed by atoms with E-state index in [1.54, 1.807) is 6.20 Å². The lowest BCUT2D eigenvalue weighted by Gasteiger charge is -2.21. The zero-order chi connectivity index (χ0) is 15.6. The maximum Gasteiger partial charge on any atom is 0.326 e. The van der Waals surface area contributed by atoms with Crippen LogP contribution in [0, 0.1) is 0 Å². The van der Waals surface area contributed by atoms with Crippen LogP contribution >= 0.6 is 0 Å². The first kappa shape index (κ1) is 15.5. The van der Waals surface area contributed by atoms with Crippen molar-refractivity contribution in [2.45, 2.75) is 57.9 Å². The van der Waals surface area contributed by atoms with E-state index in [1.165, 1.54) is 4.90 Å². The summed E-state index contributed by atoms with van der Waals surface area (Å²) in [5.74, 6) is 0.247. The Morgan fingerprint density at radius 3 is 2.76 bits per heavy atom. The Morgan fingerprint density at radius 2 is 2.19 bits per heavy atom. The first-order chi connectivity index (χ1) is 9.79. The number of likely N-dealkylation sites (tertiary alicyclic amines) is 1. The summed E-state index contributed by atoms with van der Waals surface area (Å²) < 4.78 is 5.64. The van der Waals surface area contributed by atoms with Crippen molar-refractivity contribution < 1.29 is 19.1 Å². The first-order valence-corrected chi connectivity index (χ1v) is 7.26. The van der Waals surface area contributed by atoms with Crippen molar-refractivity contribution in [2.75, 3.05) is 6.54 Å². The molecule has 1 unspecified atom stereocenters. The maximum absolute atomic E-state index is 12.1. The summed E-state index contributed by atoms with van der Waals surface area (Å²) in [6.45, 7) is 6.62. The normalized spacial score (nSPS) is 19.0. The summed E-state index contributed by atoms with van der Waals surface area (Å²) in [5.41, 5.74) is -0.112. The lowest BCUT2D eigenvalue weighted by molar-refractivity contribution is -0.148. The highest BCUT2D eigenvalue weighted by molar-refractivity contribution is 5.84. The van der Waals surface area contributed by atoms with E-state index in [0.717, 1.165) is 12.2 Å². The molecular weight excluding hydrogens is 272 g/mol. The van der Waals surface area contributed by atoms with Crippen LogP contribution in [0.2, 0.25) is 0 Å². The second kappa shape index (κ2) is 5.87. The molecule has 1 aliphatic heterocycles. The van der Waals surface area contributed by atoms with Gasteiger partial charge in [0.15, 0.2) is 5.89 Å². The van der Waals surface area contributed by atoms with Gasteiger partial charge in [0, 0.05) is 24.8 Å². The van der Waals surface area contributed by atoms with Crippen LogP contribution in [0.15, 0.2) is 10.6 Å². The molecule has 2 heterocycles. The average Bonchev–Trinajstić information content (AvgIpc) is 3.04. The summed E-state index contributed by atoms with van der Waals surface area (Å²) in [7, 11) is 0. The minimum Gasteiger partial charge on any atom is -0.480 e. The highest BCUT2D eigenvalue weighted by atomic mass is 16.4. The molecule has 6 nitrogen and oxygen atoms in total. The first-order valence-electron chi connectivity index (χ1n) is 7.26. The third kappa shape index (κ3) is 3.62. The number of aromatic nitrogens is 1. The molecule has 0 radical (unpaired) electrons. The van der Waals surface area contributed by atoms with Gasteiger partial charge in [0.2, 0.25) is 5.91 Å². The quantitative estimate of drug-likeness (QED) is 0.918. The number of nitrogens with zero attached hydrogens (tertiary/aromatic N) is 2. The fourth-order valence-electron chi connectivity index (χ4n) is 2.45. The SMILES string of the molecule is CC(C)(C)c1cnc(CCC(=O)N2CCCC2C(=O)O)o1. The Morgan fingerprint density at radius 1 is 1.48 bits per heavy atom. The van der Waals surface area contributed by atoms with Gasteiger partial charge in [0.25, 0.3) is 0 Å². The van der Waals surface area contributed by atoms with Crippen LogP contribution in [0.5, 0.6) is 0 Å². The molecule has 1 saturated heterocycles. The molecule has 1 amide bonds. The van der Waals surface area contributed by atoms with Gasteiger partial charge in [-0.3, -0.25) is 4.79 Å². The minimum atomic E-state index is -0.924. The molecule has 2 rings (SSSR count). The van der Waals surface area contributed by atoms with Gasteiger partial charge in [-0.05, 0) is 12.8 Å². The molecule has 1 aromatic heterocycles. The molecule has 1 N–H and O–H groups in total. The molecule has 1 fully saturated rings. The number of hydrogen-bond donors (Lipinski definition) is 1. The largest absolute Gasteiger partial charge is 0.480 e. The maximum atomic E-state index is 12.1. The van der Waals surface area contributed by atoms with Gasteiger partial charge in [0.05, 0.1) is 6.20 Å². The molecule has 0 aromatic carbocycles. The predicted octanol–water partition coefficient (Wildman–Crippen LogP) is 1.98. The van der Waals surface area contributed by atoms with Crippen LogP contribution in [-0.4, -0.2) is 39.5 Å². The standard InChI is InChI=1S/C15H22N2O4/c1-15(2,3)11-9-16-12(21-11)6-7-13(18)17-8-4-5-10(17)14(19)20/h9-10H,4-8H2,1-3H3,(H,19,20). The van der Waals surface area contributed by atoms with Crippen molar-refractivity contribution in [3.63, 3.8) is 0 Å². The number of oxazole rings is 1. The highest BCUT2D eigenvalue weighted by Crippen LogP contribution is 2.23. The van der Waals surface area contributed by atoms with Crippen molar-refractivity contribution in [3.05, 3.63) is 17.8 Å². The van der Waals surface area contributed by atoms with Crippen molar-refractivity contribution in [1.29, 1.82) is 0 Å². The van der Waals surface area contributed by atoms with E-state index in [-0.39, 0.29) is 17.7 Å². The second-order valence-corrected chi connectivity index (χ2v) is 6.45. The molecule has 0 spiro atoms. The second-order valence-electron chi connectivity index (χ2n) is 6.45. The van der Waals surface area contributed by atoms with Crippen molar-refractivity contribution >= 4 is 11.9 Å². The Hall–Kier alpha value is -1.85. The molecule has 1 aliphatic rings. The molecular formula is C15H22N2O4. The van der Waals surface area contributed by atoms with Crippen LogP contribution in [0.25, 0.3) is 0 Å². The smallest absolute Gasteiger partial charge is 0.326 e. The van der Waals surface area contributed by atoms with E-state index in [1.807, 2.05) is 20.8 Å². The fraction of sp³-hybridized carbons (Fsp3) is 0.667. The molecule has 0 bridgehead atoms. The molecule has 0 aliphatic carbocycles. The van der Waals surface area contributed by atoms with Gasteiger partial charge in [-0.1, -0.05) is 20.8 Å². The zero-order valence-corrected chi connectivity index (χ0v) is 12.8. The van der Waals surface area contributed by atoms with Crippen LogP contribution in [0.1, 0.15) is 51.7 Å². The summed E-state index contributed by atoms with van der Waals surface area (Å²) in [6.07, 6.45) is 3.60. The summed E-state index contributed by atoms with van der Waals surface area (Å²) >= 11 is 0. The number of carbonyl (C=O) groups is 2. The Labute approximate surface area is 124 Å². The third-order valence-corrected chi connectivity index (χ3v) is 3.70. The van der Waals surface area contributed by atoms with E-state index in [4.69, 9.17) is 9.52 Å². The number of hydrogen-bond acceptors (Lipinski definition) is 4. The number of aryl methyl sites for hydroxylation is 1.